The molecule has 29 heavy (non-hydrogen) atoms. The van der Waals surface area contributed by atoms with Gasteiger partial charge in [0.2, 0.25) is 0 Å². The Morgan fingerprint density at radius 2 is 1.76 bits per heavy atom. The zero-order valence-corrected chi connectivity index (χ0v) is 17.2. The highest BCUT2D eigenvalue weighted by molar-refractivity contribution is 7.11. The number of hydrogen-bond acceptors (Lipinski definition) is 5. The van der Waals surface area contributed by atoms with Crippen molar-refractivity contribution in [2.24, 2.45) is 0 Å². The maximum atomic E-state index is 13.4. The quantitative estimate of drug-likeness (QED) is 0.623. The second-order valence-electron chi connectivity index (χ2n) is 6.79. The van der Waals surface area contributed by atoms with Gasteiger partial charge < -0.3 is 10.1 Å². The van der Waals surface area contributed by atoms with E-state index in [2.05, 4.69) is 5.32 Å². The highest BCUT2D eigenvalue weighted by Crippen LogP contribution is 2.38. The first-order chi connectivity index (χ1) is 14.0. The Morgan fingerprint density at radius 1 is 0.966 bits per heavy atom. The van der Waals surface area contributed by atoms with Crippen molar-refractivity contribution in [3.8, 4) is 5.75 Å². The molecule has 0 saturated heterocycles. The molecule has 0 radical (unpaired) electrons. The van der Waals surface area contributed by atoms with Crippen LogP contribution in [0.1, 0.15) is 16.0 Å². The Kier molecular flexibility index (Phi) is 4.94. The summed E-state index contributed by atoms with van der Waals surface area (Å²) in [5, 5.41) is 5.08. The molecule has 0 atom stereocenters. The number of nitrogens with zero attached hydrogens (tertiary/aromatic N) is 1. The normalized spacial score (nSPS) is 14.0. The number of aryl methyl sites for hydroxylation is 2. The van der Waals surface area contributed by atoms with Crippen molar-refractivity contribution < 1.29 is 14.3 Å². The van der Waals surface area contributed by atoms with E-state index in [0.29, 0.717) is 22.7 Å². The molecule has 4 rings (SSSR count). The number of thiophene rings is 1. The summed E-state index contributed by atoms with van der Waals surface area (Å²) < 4.78 is 5.44. The van der Waals surface area contributed by atoms with Crippen LogP contribution in [0.25, 0.3) is 5.57 Å². The summed E-state index contributed by atoms with van der Waals surface area (Å²) in [6.07, 6.45) is 0. The first kappa shape index (κ1) is 19.0. The summed E-state index contributed by atoms with van der Waals surface area (Å²) in [4.78, 5) is 28.8. The molecule has 2 amide bonds. The maximum absolute atomic E-state index is 13.4. The van der Waals surface area contributed by atoms with E-state index in [-0.39, 0.29) is 17.5 Å². The molecule has 0 saturated carbocycles. The average Bonchev–Trinajstić information content (AvgIpc) is 3.30. The number of imide groups is 1. The van der Waals surface area contributed by atoms with Gasteiger partial charge >= 0.3 is 0 Å². The SMILES string of the molecule is COc1ccc(C)cc1NC1=C(c2cccs2)C(=O)N(c2ccccc2C)C1=O. The summed E-state index contributed by atoms with van der Waals surface area (Å²) in [5.41, 5.74) is 3.73. The van der Waals surface area contributed by atoms with E-state index in [1.807, 2.05) is 67.8 Å². The monoisotopic (exact) mass is 404 g/mol. The Balaban J connectivity index is 1.85. The van der Waals surface area contributed by atoms with Crippen molar-refractivity contribution in [1.82, 2.24) is 0 Å². The third-order valence-corrected chi connectivity index (χ3v) is 5.71. The summed E-state index contributed by atoms with van der Waals surface area (Å²) in [7, 11) is 1.58. The molecule has 3 aromatic rings. The van der Waals surface area contributed by atoms with E-state index in [1.165, 1.54) is 16.2 Å². The molecule has 0 spiro atoms. The van der Waals surface area contributed by atoms with Gasteiger partial charge in [0.05, 0.1) is 24.1 Å². The summed E-state index contributed by atoms with van der Waals surface area (Å²) >= 11 is 1.43. The van der Waals surface area contributed by atoms with Crippen molar-refractivity contribution in [2.45, 2.75) is 13.8 Å². The molecule has 5 nitrogen and oxygen atoms in total. The number of nitrogens with one attached hydrogen (secondary N) is 1. The van der Waals surface area contributed by atoms with Crippen molar-refractivity contribution >= 4 is 40.1 Å². The number of carbonyl (C=O) groups is 2. The lowest BCUT2D eigenvalue weighted by atomic mass is 10.1. The number of amides is 2. The molecular weight excluding hydrogens is 384 g/mol. The molecule has 2 aromatic carbocycles. The van der Waals surface area contributed by atoms with E-state index in [9.17, 15) is 9.59 Å². The van der Waals surface area contributed by atoms with E-state index < -0.39 is 0 Å². The average molecular weight is 404 g/mol. The van der Waals surface area contributed by atoms with Crippen LogP contribution in [0.2, 0.25) is 0 Å². The van der Waals surface area contributed by atoms with E-state index in [0.717, 1.165) is 16.0 Å². The fourth-order valence-electron chi connectivity index (χ4n) is 3.38. The first-order valence-electron chi connectivity index (χ1n) is 9.15. The molecule has 0 bridgehead atoms. The minimum Gasteiger partial charge on any atom is -0.495 e. The molecular formula is C23H20N2O3S. The van der Waals surface area contributed by atoms with Crippen molar-refractivity contribution in [2.75, 3.05) is 17.3 Å². The van der Waals surface area contributed by atoms with Crippen LogP contribution < -0.4 is 15.0 Å². The van der Waals surface area contributed by atoms with Crippen LogP contribution in [0.15, 0.2) is 65.7 Å². The Labute approximate surface area is 173 Å². The number of anilines is 2. The standard InChI is InChI=1S/C23H20N2O3S/c1-14-10-11-18(28-3)16(13-14)24-21-20(19-9-6-12-29-19)22(26)25(23(21)27)17-8-5-4-7-15(17)2/h4-13,24H,1-3H3. The number of rotatable bonds is 5. The Hall–Kier alpha value is -3.38. The van der Waals surface area contributed by atoms with Crippen LogP contribution in [-0.2, 0) is 9.59 Å². The lowest BCUT2D eigenvalue weighted by molar-refractivity contribution is -0.120. The predicted molar refractivity (Wildman–Crippen MR) is 116 cm³/mol. The van der Waals surface area contributed by atoms with Gasteiger partial charge in [-0.15, -0.1) is 11.3 Å². The van der Waals surface area contributed by atoms with Gasteiger partial charge in [-0.05, 0) is 54.6 Å². The lowest BCUT2D eigenvalue weighted by Crippen LogP contribution is -2.32. The van der Waals surface area contributed by atoms with Gasteiger partial charge in [0.15, 0.2) is 0 Å². The number of para-hydroxylation sites is 1. The molecule has 1 N–H and O–H groups in total. The molecule has 6 heteroatoms. The van der Waals surface area contributed by atoms with Crippen molar-refractivity contribution in [3.63, 3.8) is 0 Å². The van der Waals surface area contributed by atoms with Crippen LogP contribution in [0.5, 0.6) is 5.75 Å². The molecule has 1 aliphatic heterocycles. The van der Waals surface area contributed by atoms with Gasteiger partial charge in [0.25, 0.3) is 11.8 Å². The molecule has 0 aliphatic carbocycles. The van der Waals surface area contributed by atoms with Crippen LogP contribution in [-0.4, -0.2) is 18.9 Å². The van der Waals surface area contributed by atoms with E-state index >= 15 is 0 Å². The summed E-state index contributed by atoms with van der Waals surface area (Å²) in [6, 6.07) is 16.8. The molecule has 1 aromatic heterocycles. The minimum absolute atomic E-state index is 0.254. The van der Waals surface area contributed by atoms with Gasteiger partial charge in [0.1, 0.15) is 11.4 Å². The molecule has 1 aliphatic rings. The summed E-state index contributed by atoms with van der Waals surface area (Å²) in [5.74, 6) is -0.111. The van der Waals surface area contributed by atoms with Crippen molar-refractivity contribution in [1.29, 1.82) is 0 Å². The second kappa shape index (κ2) is 7.56. The fourth-order valence-corrected chi connectivity index (χ4v) is 4.15. The lowest BCUT2D eigenvalue weighted by Gasteiger charge is -2.18. The van der Waals surface area contributed by atoms with Gasteiger partial charge in [-0.1, -0.05) is 30.3 Å². The zero-order valence-electron chi connectivity index (χ0n) is 16.4. The van der Waals surface area contributed by atoms with Crippen molar-refractivity contribution in [3.05, 3.63) is 81.7 Å². The number of carbonyl (C=O) groups excluding carboxylic acids is 2. The second-order valence-corrected chi connectivity index (χ2v) is 7.74. The number of ether oxygens (including phenoxy) is 1. The predicted octanol–water partition coefficient (Wildman–Crippen LogP) is 4.77. The Bertz CT molecular complexity index is 1130. The van der Waals surface area contributed by atoms with E-state index in [1.54, 1.807) is 13.2 Å². The first-order valence-corrected chi connectivity index (χ1v) is 10.0. The third kappa shape index (κ3) is 3.32. The zero-order chi connectivity index (χ0) is 20.5. The molecule has 0 fully saturated rings. The third-order valence-electron chi connectivity index (χ3n) is 4.82. The molecule has 146 valence electrons. The van der Waals surface area contributed by atoms with E-state index in [4.69, 9.17) is 4.74 Å². The van der Waals surface area contributed by atoms with Gasteiger partial charge in [-0.2, -0.15) is 0 Å². The van der Waals surface area contributed by atoms with Crippen LogP contribution >= 0.6 is 11.3 Å². The number of benzene rings is 2. The smallest absolute Gasteiger partial charge is 0.282 e. The Morgan fingerprint density at radius 3 is 2.45 bits per heavy atom. The molecule has 2 heterocycles. The number of methoxy groups -OCH3 is 1. The van der Waals surface area contributed by atoms with Crippen LogP contribution in [0.3, 0.4) is 0 Å². The largest absolute Gasteiger partial charge is 0.495 e. The molecule has 0 unspecified atom stereocenters. The van der Waals surface area contributed by atoms with Gasteiger partial charge in [0, 0.05) is 4.88 Å². The fraction of sp³-hybridized carbons (Fsp3) is 0.130. The minimum atomic E-state index is -0.378. The highest BCUT2D eigenvalue weighted by Gasteiger charge is 2.41. The number of hydrogen-bond donors (Lipinski definition) is 1. The topological polar surface area (TPSA) is 58.6 Å². The van der Waals surface area contributed by atoms with Crippen LogP contribution in [0, 0.1) is 13.8 Å². The maximum Gasteiger partial charge on any atom is 0.282 e. The van der Waals surface area contributed by atoms with Gasteiger partial charge in [-0.3, -0.25) is 9.59 Å². The summed E-state index contributed by atoms with van der Waals surface area (Å²) in [6.45, 7) is 3.84. The highest BCUT2D eigenvalue weighted by atomic mass is 32.1. The van der Waals surface area contributed by atoms with Crippen LogP contribution in [0.4, 0.5) is 11.4 Å². The van der Waals surface area contributed by atoms with Gasteiger partial charge in [-0.25, -0.2) is 4.90 Å².